The molecule has 3 rings (SSSR count). The van der Waals surface area contributed by atoms with Crippen molar-refractivity contribution in [2.75, 3.05) is 19.6 Å². The maximum atomic E-state index is 5.77. The van der Waals surface area contributed by atoms with Gasteiger partial charge in [0.1, 0.15) is 12.1 Å². The van der Waals surface area contributed by atoms with Crippen LogP contribution in [-0.4, -0.2) is 39.1 Å². The average Bonchev–Trinajstić information content (AvgIpc) is 3.16. The molecule has 0 saturated heterocycles. The predicted molar refractivity (Wildman–Crippen MR) is 95.8 cm³/mol. The molecule has 0 saturated carbocycles. The van der Waals surface area contributed by atoms with Crippen molar-refractivity contribution in [1.82, 2.24) is 19.4 Å². The van der Waals surface area contributed by atoms with Gasteiger partial charge < -0.3 is 5.73 Å². The Bertz CT molecular complexity index is 707. The molecule has 5 nitrogen and oxygen atoms in total. The van der Waals surface area contributed by atoms with E-state index >= 15 is 0 Å². The highest BCUT2D eigenvalue weighted by Crippen LogP contribution is 2.09. The second-order valence-electron chi connectivity index (χ2n) is 5.80. The zero-order valence-electron chi connectivity index (χ0n) is 13.8. The van der Waals surface area contributed by atoms with Crippen LogP contribution < -0.4 is 5.73 Å². The van der Waals surface area contributed by atoms with Crippen molar-refractivity contribution in [1.29, 1.82) is 0 Å². The Hall–Kier alpha value is -2.50. The molecular weight excluding hydrogens is 298 g/mol. The number of benzene rings is 1. The summed E-state index contributed by atoms with van der Waals surface area (Å²) < 4.78 is 1.90. The molecule has 3 aromatic rings. The van der Waals surface area contributed by atoms with Crippen LogP contribution >= 0.6 is 0 Å². The molecule has 0 bridgehead atoms. The molecule has 24 heavy (non-hydrogen) atoms. The van der Waals surface area contributed by atoms with Gasteiger partial charge in [0.15, 0.2) is 0 Å². The Morgan fingerprint density at radius 2 is 1.88 bits per heavy atom. The van der Waals surface area contributed by atoms with Gasteiger partial charge in [-0.1, -0.05) is 36.4 Å². The van der Waals surface area contributed by atoms with E-state index in [4.69, 9.17) is 5.73 Å². The third-order valence-electron chi connectivity index (χ3n) is 3.99. The second kappa shape index (κ2) is 8.38. The molecule has 2 heterocycles. The highest BCUT2D eigenvalue weighted by atomic mass is 15.1. The molecule has 5 heteroatoms. The monoisotopic (exact) mass is 321 g/mol. The number of nitrogens with two attached hydrogens (primary N) is 1. The third-order valence-corrected chi connectivity index (χ3v) is 3.99. The molecule has 1 aromatic carbocycles. The first-order chi connectivity index (χ1) is 11.8. The van der Waals surface area contributed by atoms with Gasteiger partial charge in [-0.25, -0.2) is 9.97 Å². The van der Waals surface area contributed by atoms with Crippen molar-refractivity contribution in [3.63, 3.8) is 0 Å². The summed E-state index contributed by atoms with van der Waals surface area (Å²) in [5, 5.41) is 0. The zero-order chi connectivity index (χ0) is 16.6. The van der Waals surface area contributed by atoms with Crippen LogP contribution in [0.2, 0.25) is 0 Å². The second-order valence-corrected chi connectivity index (χ2v) is 5.80. The van der Waals surface area contributed by atoms with Crippen molar-refractivity contribution < 1.29 is 0 Å². The summed E-state index contributed by atoms with van der Waals surface area (Å²) in [6.07, 6.45) is 8.36. The van der Waals surface area contributed by atoms with Gasteiger partial charge in [-0.3, -0.25) is 9.47 Å². The number of pyridine rings is 1. The van der Waals surface area contributed by atoms with E-state index in [0.717, 1.165) is 31.9 Å². The van der Waals surface area contributed by atoms with Crippen LogP contribution in [0.4, 0.5) is 0 Å². The lowest BCUT2D eigenvalue weighted by molar-refractivity contribution is 0.276. The minimum atomic E-state index is 0.662. The van der Waals surface area contributed by atoms with Crippen LogP contribution in [0.25, 0.3) is 5.82 Å². The minimum absolute atomic E-state index is 0.662. The molecule has 0 amide bonds. The first-order valence-electron chi connectivity index (χ1n) is 8.25. The van der Waals surface area contributed by atoms with Gasteiger partial charge in [0, 0.05) is 44.8 Å². The summed E-state index contributed by atoms with van der Waals surface area (Å²) in [5.41, 5.74) is 8.32. The summed E-state index contributed by atoms with van der Waals surface area (Å²) in [4.78, 5) is 10.9. The fourth-order valence-electron chi connectivity index (χ4n) is 2.70. The molecule has 0 aliphatic carbocycles. The lowest BCUT2D eigenvalue weighted by atomic mass is 10.1. The van der Waals surface area contributed by atoms with Crippen molar-refractivity contribution >= 4 is 0 Å². The van der Waals surface area contributed by atoms with E-state index in [0.29, 0.717) is 6.54 Å². The number of hydrogen-bond acceptors (Lipinski definition) is 4. The molecule has 0 atom stereocenters. The number of rotatable bonds is 8. The summed E-state index contributed by atoms with van der Waals surface area (Å²) in [5.74, 6) is 0.880. The van der Waals surface area contributed by atoms with Gasteiger partial charge in [-0.2, -0.15) is 0 Å². The SMILES string of the molecule is NCCN(CCc1ccccc1)Cc1ccc(-n2ccnc2)nc1. The van der Waals surface area contributed by atoms with Gasteiger partial charge in [0.05, 0.1) is 0 Å². The van der Waals surface area contributed by atoms with Gasteiger partial charge in [0.25, 0.3) is 0 Å². The lowest BCUT2D eigenvalue weighted by Gasteiger charge is -2.21. The largest absolute Gasteiger partial charge is 0.329 e. The predicted octanol–water partition coefficient (Wildman–Crippen LogP) is 2.27. The molecule has 2 N–H and O–H groups in total. The first kappa shape index (κ1) is 16.4. The van der Waals surface area contributed by atoms with Crippen molar-refractivity contribution in [3.05, 3.63) is 78.5 Å². The lowest BCUT2D eigenvalue weighted by Crippen LogP contribution is -2.31. The number of nitrogens with zero attached hydrogens (tertiary/aromatic N) is 4. The Kier molecular flexibility index (Phi) is 5.71. The summed E-state index contributed by atoms with van der Waals surface area (Å²) in [6, 6.07) is 14.7. The van der Waals surface area contributed by atoms with Crippen molar-refractivity contribution in [2.45, 2.75) is 13.0 Å². The summed E-state index contributed by atoms with van der Waals surface area (Å²) in [6.45, 7) is 3.40. The van der Waals surface area contributed by atoms with Crippen molar-refractivity contribution in [3.8, 4) is 5.82 Å². The normalized spacial score (nSPS) is 11.1. The Labute approximate surface area is 142 Å². The molecule has 0 fully saturated rings. The van der Waals surface area contributed by atoms with E-state index < -0.39 is 0 Å². The standard InChI is InChI=1S/C19H23N5/c20-9-12-23(11-8-17-4-2-1-3-5-17)15-18-6-7-19(22-14-18)24-13-10-21-16-24/h1-7,10,13-14,16H,8-9,11-12,15,20H2. The van der Waals surface area contributed by atoms with Crippen LogP contribution in [0.15, 0.2) is 67.4 Å². The van der Waals surface area contributed by atoms with E-state index in [-0.39, 0.29) is 0 Å². The Balaban J connectivity index is 1.60. The molecule has 0 unspecified atom stereocenters. The van der Waals surface area contributed by atoms with Gasteiger partial charge in [-0.05, 0) is 23.6 Å². The maximum Gasteiger partial charge on any atom is 0.137 e. The number of aromatic nitrogens is 3. The number of hydrogen-bond donors (Lipinski definition) is 1. The van der Waals surface area contributed by atoms with E-state index in [1.165, 1.54) is 11.1 Å². The zero-order valence-corrected chi connectivity index (χ0v) is 13.8. The number of imidazole rings is 1. The first-order valence-corrected chi connectivity index (χ1v) is 8.25. The molecule has 0 radical (unpaired) electrons. The smallest absolute Gasteiger partial charge is 0.137 e. The van der Waals surface area contributed by atoms with E-state index in [1.54, 1.807) is 12.5 Å². The Morgan fingerprint density at radius 1 is 1.00 bits per heavy atom. The molecule has 2 aromatic heterocycles. The molecule has 124 valence electrons. The van der Waals surface area contributed by atoms with E-state index in [2.05, 4.69) is 51.3 Å². The molecular formula is C19H23N5. The van der Waals surface area contributed by atoms with E-state index in [9.17, 15) is 0 Å². The summed E-state index contributed by atoms with van der Waals surface area (Å²) >= 11 is 0. The Morgan fingerprint density at radius 3 is 2.54 bits per heavy atom. The summed E-state index contributed by atoms with van der Waals surface area (Å²) in [7, 11) is 0. The topological polar surface area (TPSA) is 60.0 Å². The van der Waals surface area contributed by atoms with Crippen LogP contribution in [0.3, 0.4) is 0 Å². The van der Waals surface area contributed by atoms with Crippen LogP contribution in [0, 0.1) is 0 Å². The van der Waals surface area contributed by atoms with Gasteiger partial charge >= 0.3 is 0 Å². The maximum absolute atomic E-state index is 5.77. The van der Waals surface area contributed by atoms with Crippen LogP contribution in [0.1, 0.15) is 11.1 Å². The highest BCUT2D eigenvalue weighted by Gasteiger charge is 2.07. The molecule has 0 aliphatic rings. The fourth-order valence-corrected chi connectivity index (χ4v) is 2.70. The van der Waals surface area contributed by atoms with E-state index in [1.807, 2.05) is 23.0 Å². The third kappa shape index (κ3) is 4.50. The minimum Gasteiger partial charge on any atom is -0.329 e. The highest BCUT2D eigenvalue weighted by molar-refractivity contribution is 5.25. The molecule has 0 aliphatic heterocycles. The van der Waals surface area contributed by atoms with Gasteiger partial charge in [-0.15, -0.1) is 0 Å². The average molecular weight is 321 g/mol. The van der Waals surface area contributed by atoms with Gasteiger partial charge in [0.2, 0.25) is 0 Å². The van der Waals surface area contributed by atoms with Crippen LogP contribution in [-0.2, 0) is 13.0 Å². The van der Waals surface area contributed by atoms with Crippen molar-refractivity contribution in [2.24, 2.45) is 5.73 Å². The fraction of sp³-hybridized carbons (Fsp3) is 0.263. The van der Waals surface area contributed by atoms with Crippen LogP contribution in [0.5, 0.6) is 0 Å². The quantitative estimate of drug-likeness (QED) is 0.691. The molecule has 0 spiro atoms.